The molecule has 0 atom stereocenters. The minimum Gasteiger partial charge on any atom is -0.484 e. The highest BCUT2D eigenvalue weighted by Gasteiger charge is 2.03. The van der Waals surface area contributed by atoms with Gasteiger partial charge in [-0.1, -0.05) is 13.8 Å². The van der Waals surface area contributed by atoms with Crippen LogP contribution in [-0.4, -0.2) is 26.1 Å². The zero-order valence-corrected chi connectivity index (χ0v) is 10.6. The molecule has 0 aliphatic carbocycles. The second-order valence-electron chi connectivity index (χ2n) is 4.26. The van der Waals surface area contributed by atoms with E-state index in [9.17, 15) is 4.79 Å². The maximum atomic E-state index is 11.4. The second-order valence-corrected chi connectivity index (χ2v) is 4.26. The molecule has 4 nitrogen and oxygen atoms in total. The van der Waals surface area contributed by atoms with Gasteiger partial charge in [-0.2, -0.15) is 0 Å². The molecule has 1 amide bonds. The molecule has 0 aromatic heterocycles. The monoisotopic (exact) mass is 236 g/mol. The molecule has 2 N–H and O–H groups in total. The molecular formula is C13H20N2O2. The molecule has 0 saturated carbocycles. The summed E-state index contributed by atoms with van der Waals surface area (Å²) < 4.78 is 5.36. The van der Waals surface area contributed by atoms with Crippen LogP contribution < -0.4 is 15.4 Å². The fourth-order valence-electron chi connectivity index (χ4n) is 1.24. The van der Waals surface area contributed by atoms with Crippen LogP contribution in [0.2, 0.25) is 0 Å². The van der Waals surface area contributed by atoms with Gasteiger partial charge in [-0.05, 0) is 30.2 Å². The molecule has 0 unspecified atom stereocenters. The predicted octanol–water partition coefficient (Wildman–Crippen LogP) is 1.88. The number of carbonyl (C=O) groups is 1. The normalized spacial score (nSPS) is 10.1. The Kier molecular flexibility index (Phi) is 5.33. The first-order valence-electron chi connectivity index (χ1n) is 5.79. The molecule has 94 valence electrons. The van der Waals surface area contributed by atoms with Gasteiger partial charge in [0.2, 0.25) is 0 Å². The highest BCUT2D eigenvalue weighted by atomic mass is 16.5. The number of hydrogen-bond donors (Lipinski definition) is 2. The SMILES string of the molecule is CNc1ccc(OCC(=O)NCC(C)C)cc1. The Bertz CT molecular complexity index is 347. The Hall–Kier alpha value is -1.71. The summed E-state index contributed by atoms with van der Waals surface area (Å²) in [5, 5.41) is 5.82. The van der Waals surface area contributed by atoms with E-state index in [0.29, 0.717) is 18.2 Å². The number of anilines is 1. The lowest BCUT2D eigenvalue weighted by molar-refractivity contribution is -0.123. The van der Waals surface area contributed by atoms with E-state index in [2.05, 4.69) is 24.5 Å². The number of carbonyl (C=O) groups excluding carboxylic acids is 1. The van der Waals surface area contributed by atoms with Crippen molar-refractivity contribution >= 4 is 11.6 Å². The molecule has 0 bridgehead atoms. The van der Waals surface area contributed by atoms with Crippen LogP contribution in [0.15, 0.2) is 24.3 Å². The summed E-state index contributed by atoms with van der Waals surface area (Å²) in [6.07, 6.45) is 0. The Labute approximate surface area is 102 Å². The van der Waals surface area contributed by atoms with Crippen molar-refractivity contribution < 1.29 is 9.53 Å². The van der Waals surface area contributed by atoms with Crippen LogP contribution in [0.3, 0.4) is 0 Å². The van der Waals surface area contributed by atoms with Gasteiger partial charge < -0.3 is 15.4 Å². The van der Waals surface area contributed by atoms with E-state index in [4.69, 9.17) is 4.74 Å². The average molecular weight is 236 g/mol. The van der Waals surface area contributed by atoms with E-state index in [-0.39, 0.29) is 12.5 Å². The van der Waals surface area contributed by atoms with Gasteiger partial charge in [-0.25, -0.2) is 0 Å². The number of nitrogens with one attached hydrogen (secondary N) is 2. The standard InChI is InChI=1S/C13H20N2O2/c1-10(2)8-15-13(16)9-17-12-6-4-11(14-3)5-7-12/h4-7,10,14H,8-9H2,1-3H3,(H,15,16). The fraction of sp³-hybridized carbons (Fsp3) is 0.462. The zero-order valence-electron chi connectivity index (χ0n) is 10.6. The molecule has 1 aromatic rings. The Morgan fingerprint density at radius 1 is 1.29 bits per heavy atom. The number of ether oxygens (including phenoxy) is 1. The summed E-state index contributed by atoms with van der Waals surface area (Å²) in [7, 11) is 1.86. The number of rotatable bonds is 6. The second kappa shape index (κ2) is 6.78. The van der Waals surface area contributed by atoms with Gasteiger partial charge >= 0.3 is 0 Å². The van der Waals surface area contributed by atoms with Crippen LogP contribution in [0.5, 0.6) is 5.75 Å². The maximum absolute atomic E-state index is 11.4. The summed E-state index contributed by atoms with van der Waals surface area (Å²) in [6, 6.07) is 7.48. The lowest BCUT2D eigenvalue weighted by Gasteiger charge is -2.09. The quantitative estimate of drug-likeness (QED) is 0.793. The summed E-state index contributed by atoms with van der Waals surface area (Å²) in [5.41, 5.74) is 1.02. The number of amides is 1. The zero-order chi connectivity index (χ0) is 12.7. The molecule has 1 aromatic carbocycles. The van der Waals surface area contributed by atoms with Crippen molar-refractivity contribution in [2.45, 2.75) is 13.8 Å². The molecule has 1 rings (SSSR count). The molecule has 0 heterocycles. The van der Waals surface area contributed by atoms with Crippen LogP contribution in [0, 0.1) is 5.92 Å². The molecule has 4 heteroatoms. The van der Waals surface area contributed by atoms with Crippen molar-refractivity contribution in [3.8, 4) is 5.75 Å². The molecule has 0 radical (unpaired) electrons. The minimum absolute atomic E-state index is 0.0611. The van der Waals surface area contributed by atoms with Gasteiger partial charge in [0.05, 0.1) is 0 Å². The topological polar surface area (TPSA) is 50.4 Å². The fourth-order valence-corrected chi connectivity index (χ4v) is 1.24. The van der Waals surface area contributed by atoms with Crippen molar-refractivity contribution in [1.82, 2.24) is 5.32 Å². The van der Waals surface area contributed by atoms with Gasteiger partial charge in [0.15, 0.2) is 6.61 Å². The Morgan fingerprint density at radius 2 is 1.94 bits per heavy atom. The molecule has 0 aliphatic heterocycles. The van der Waals surface area contributed by atoms with Crippen molar-refractivity contribution in [2.75, 3.05) is 25.5 Å². The minimum atomic E-state index is -0.0867. The van der Waals surface area contributed by atoms with Crippen LogP contribution >= 0.6 is 0 Å². The van der Waals surface area contributed by atoms with E-state index in [0.717, 1.165) is 5.69 Å². The molecule has 0 aliphatic rings. The first-order chi connectivity index (χ1) is 8.11. The van der Waals surface area contributed by atoms with Crippen LogP contribution in [0.4, 0.5) is 5.69 Å². The van der Waals surface area contributed by atoms with Crippen LogP contribution in [-0.2, 0) is 4.79 Å². The largest absolute Gasteiger partial charge is 0.484 e. The average Bonchev–Trinajstić information content (AvgIpc) is 2.34. The summed E-state index contributed by atoms with van der Waals surface area (Å²) in [6.45, 7) is 4.85. The third kappa shape index (κ3) is 5.24. The van der Waals surface area contributed by atoms with E-state index < -0.39 is 0 Å². The summed E-state index contributed by atoms with van der Waals surface area (Å²) >= 11 is 0. The van der Waals surface area contributed by atoms with Crippen LogP contribution in [0.25, 0.3) is 0 Å². The van der Waals surface area contributed by atoms with Crippen molar-refractivity contribution in [3.05, 3.63) is 24.3 Å². The van der Waals surface area contributed by atoms with Crippen molar-refractivity contribution in [3.63, 3.8) is 0 Å². The molecular weight excluding hydrogens is 216 g/mol. The molecule has 17 heavy (non-hydrogen) atoms. The third-order valence-corrected chi connectivity index (χ3v) is 2.22. The third-order valence-electron chi connectivity index (χ3n) is 2.22. The Balaban J connectivity index is 2.31. The van der Waals surface area contributed by atoms with E-state index >= 15 is 0 Å². The highest BCUT2D eigenvalue weighted by molar-refractivity contribution is 5.77. The molecule has 0 saturated heterocycles. The van der Waals surface area contributed by atoms with Crippen molar-refractivity contribution in [2.24, 2.45) is 5.92 Å². The maximum Gasteiger partial charge on any atom is 0.257 e. The number of hydrogen-bond acceptors (Lipinski definition) is 3. The van der Waals surface area contributed by atoms with Gasteiger partial charge in [0.25, 0.3) is 5.91 Å². The predicted molar refractivity (Wildman–Crippen MR) is 69.3 cm³/mol. The van der Waals surface area contributed by atoms with E-state index in [1.807, 2.05) is 31.3 Å². The van der Waals surface area contributed by atoms with Gasteiger partial charge in [0, 0.05) is 19.3 Å². The lowest BCUT2D eigenvalue weighted by Crippen LogP contribution is -2.31. The smallest absolute Gasteiger partial charge is 0.257 e. The summed E-state index contributed by atoms with van der Waals surface area (Å²) in [5.74, 6) is 1.06. The Morgan fingerprint density at radius 3 is 2.47 bits per heavy atom. The van der Waals surface area contributed by atoms with Gasteiger partial charge in [0.1, 0.15) is 5.75 Å². The molecule has 0 fully saturated rings. The first kappa shape index (κ1) is 13.4. The van der Waals surface area contributed by atoms with Gasteiger partial charge in [-0.15, -0.1) is 0 Å². The molecule has 0 spiro atoms. The van der Waals surface area contributed by atoms with Crippen LogP contribution in [0.1, 0.15) is 13.8 Å². The van der Waals surface area contributed by atoms with E-state index in [1.165, 1.54) is 0 Å². The lowest BCUT2D eigenvalue weighted by atomic mass is 10.2. The highest BCUT2D eigenvalue weighted by Crippen LogP contribution is 2.14. The first-order valence-corrected chi connectivity index (χ1v) is 5.79. The van der Waals surface area contributed by atoms with E-state index in [1.54, 1.807) is 0 Å². The number of benzene rings is 1. The summed E-state index contributed by atoms with van der Waals surface area (Å²) in [4.78, 5) is 11.4. The van der Waals surface area contributed by atoms with Crippen molar-refractivity contribution in [1.29, 1.82) is 0 Å². The van der Waals surface area contributed by atoms with Gasteiger partial charge in [-0.3, -0.25) is 4.79 Å².